The highest BCUT2D eigenvalue weighted by Crippen LogP contribution is 2.16. The smallest absolute Gasteiger partial charge is 0.135 e. The fraction of sp³-hybridized carbons (Fsp3) is 0.875. The summed E-state index contributed by atoms with van der Waals surface area (Å²) < 4.78 is 0. The normalized spacial score (nSPS) is 19.8. The van der Waals surface area contributed by atoms with Crippen molar-refractivity contribution >= 4 is 18.0 Å². The number of thioether (sulfide) groups is 1. The van der Waals surface area contributed by atoms with Crippen LogP contribution in [0.25, 0.3) is 0 Å². The van der Waals surface area contributed by atoms with Gasteiger partial charge in [-0.1, -0.05) is 6.92 Å². The SMILES string of the molecule is CCS[C@@H](C=O)[C@@H](O)[C@H](O)[C@H](O)CO. The lowest BCUT2D eigenvalue weighted by atomic mass is 10.1. The van der Waals surface area contributed by atoms with Crippen LogP contribution >= 0.6 is 11.8 Å². The Morgan fingerprint density at radius 3 is 2.21 bits per heavy atom. The minimum Gasteiger partial charge on any atom is -0.394 e. The van der Waals surface area contributed by atoms with Crippen molar-refractivity contribution in [2.45, 2.75) is 30.5 Å². The molecule has 84 valence electrons. The average molecular weight is 224 g/mol. The molecule has 0 aromatic heterocycles. The standard InChI is InChI=1S/C8H16O5S/c1-2-14-6(4-10)8(13)7(12)5(11)3-9/h4-9,11-13H,2-3H2,1H3/t5-,6+,7-,8-/m1/s1. The Bertz CT molecular complexity index is 166. The van der Waals surface area contributed by atoms with Crippen molar-refractivity contribution in [1.82, 2.24) is 0 Å². The molecule has 4 N–H and O–H groups in total. The van der Waals surface area contributed by atoms with Gasteiger partial charge in [0.2, 0.25) is 0 Å². The van der Waals surface area contributed by atoms with Crippen LogP contribution in [0.3, 0.4) is 0 Å². The van der Waals surface area contributed by atoms with E-state index in [4.69, 9.17) is 10.2 Å². The first-order valence-corrected chi connectivity index (χ1v) is 5.35. The molecule has 0 aromatic rings. The molecule has 0 aliphatic carbocycles. The second-order valence-electron chi connectivity index (χ2n) is 2.79. The van der Waals surface area contributed by atoms with Crippen LogP contribution in [0.4, 0.5) is 0 Å². The van der Waals surface area contributed by atoms with Crippen molar-refractivity contribution in [2.75, 3.05) is 12.4 Å². The molecular weight excluding hydrogens is 208 g/mol. The van der Waals surface area contributed by atoms with Crippen LogP contribution in [0.2, 0.25) is 0 Å². The zero-order chi connectivity index (χ0) is 11.1. The van der Waals surface area contributed by atoms with Gasteiger partial charge in [-0.2, -0.15) is 0 Å². The predicted molar refractivity (Wildman–Crippen MR) is 53.1 cm³/mol. The molecule has 0 rings (SSSR count). The van der Waals surface area contributed by atoms with E-state index in [1.807, 2.05) is 6.92 Å². The summed E-state index contributed by atoms with van der Waals surface area (Å²) in [6, 6.07) is 0. The van der Waals surface area contributed by atoms with E-state index in [1.165, 1.54) is 11.8 Å². The molecular formula is C8H16O5S. The summed E-state index contributed by atoms with van der Waals surface area (Å²) in [4.78, 5) is 10.5. The molecule has 0 bridgehead atoms. The fourth-order valence-corrected chi connectivity index (χ4v) is 1.76. The van der Waals surface area contributed by atoms with E-state index in [0.29, 0.717) is 12.0 Å². The van der Waals surface area contributed by atoms with Crippen molar-refractivity contribution in [3.8, 4) is 0 Å². The summed E-state index contributed by atoms with van der Waals surface area (Å²) in [5.74, 6) is 0.613. The van der Waals surface area contributed by atoms with Crippen molar-refractivity contribution in [1.29, 1.82) is 0 Å². The summed E-state index contributed by atoms with van der Waals surface area (Å²) in [5, 5.41) is 35.5. The van der Waals surface area contributed by atoms with Crippen LogP contribution in [-0.4, -0.2) is 62.6 Å². The number of hydrogen-bond acceptors (Lipinski definition) is 6. The van der Waals surface area contributed by atoms with Crippen LogP contribution < -0.4 is 0 Å². The summed E-state index contributed by atoms with van der Waals surface area (Å²) >= 11 is 1.17. The Balaban J connectivity index is 4.25. The number of aliphatic hydroxyl groups is 4. The molecule has 0 unspecified atom stereocenters. The number of aliphatic hydroxyl groups excluding tert-OH is 4. The molecule has 0 aromatic carbocycles. The second kappa shape index (κ2) is 7.19. The first-order valence-electron chi connectivity index (χ1n) is 4.30. The van der Waals surface area contributed by atoms with Crippen molar-refractivity contribution in [3.05, 3.63) is 0 Å². The quantitative estimate of drug-likeness (QED) is 0.388. The molecule has 0 amide bonds. The van der Waals surface area contributed by atoms with E-state index in [2.05, 4.69) is 0 Å². The molecule has 6 heteroatoms. The summed E-state index contributed by atoms with van der Waals surface area (Å²) in [5.41, 5.74) is 0. The van der Waals surface area contributed by atoms with Gasteiger partial charge in [-0.25, -0.2) is 0 Å². The topological polar surface area (TPSA) is 98.0 Å². The Hall–Kier alpha value is -0.140. The van der Waals surface area contributed by atoms with E-state index in [1.54, 1.807) is 0 Å². The minimum atomic E-state index is -1.51. The highest BCUT2D eigenvalue weighted by Gasteiger charge is 2.30. The molecule has 0 saturated carbocycles. The van der Waals surface area contributed by atoms with Crippen molar-refractivity contribution < 1.29 is 25.2 Å². The summed E-state index contributed by atoms with van der Waals surface area (Å²) in [6.45, 7) is 1.16. The average Bonchev–Trinajstić information content (AvgIpc) is 2.22. The van der Waals surface area contributed by atoms with Gasteiger partial charge in [0.15, 0.2) is 0 Å². The third-order valence-electron chi connectivity index (χ3n) is 1.76. The number of rotatable bonds is 7. The third kappa shape index (κ3) is 3.93. The van der Waals surface area contributed by atoms with Crippen LogP contribution in [0.5, 0.6) is 0 Å². The minimum absolute atomic E-state index is 0.520. The summed E-state index contributed by atoms with van der Waals surface area (Å²) in [7, 11) is 0. The molecule has 5 nitrogen and oxygen atoms in total. The van der Waals surface area contributed by atoms with E-state index < -0.39 is 30.2 Å². The maximum atomic E-state index is 10.5. The predicted octanol–water partition coefficient (Wildman–Crippen LogP) is -1.62. The molecule has 14 heavy (non-hydrogen) atoms. The Labute approximate surface area is 86.8 Å². The number of aldehydes is 1. The van der Waals surface area contributed by atoms with Gasteiger partial charge in [-0.3, -0.25) is 0 Å². The lowest BCUT2D eigenvalue weighted by Gasteiger charge is -2.24. The highest BCUT2D eigenvalue weighted by molar-refractivity contribution is 8.00. The van der Waals surface area contributed by atoms with Crippen LogP contribution in [-0.2, 0) is 4.79 Å². The molecule has 0 radical (unpaired) electrons. The molecule has 0 aliphatic heterocycles. The Morgan fingerprint density at radius 1 is 1.29 bits per heavy atom. The Morgan fingerprint density at radius 2 is 1.86 bits per heavy atom. The van der Waals surface area contributed by atoms with Crippen molar-refractivity contribution in [2.24, 2.45) is 0 Å². The number of hydrogen-bond donors (Lipinski definition) is 4. The van der Waals surface area contributed by atoms with Gasteiger partial charge in [0, 0.05) is 0 Å². The number of carbonyl (C=O) groups excluding carboxylic acids is 1. The van der Waals surface area contributed by atoms with Gasteiger partial charge in [0.1, 0.15) is 24.6 Å². The van der Waals surface area contributed by atoms with E-state index in [0.717, 1.165) is 0 Å². The first-order chi connectivity index (χ1) is 6.58. The molecule has 0 aliphatic rings. The van der Waals surface area contributed by atoms with E-state index >= 15 is 0 Å². The van der Waals surface area contributed by atoms with Crippen LogP contribution in [0.1, 0.15) is 6.92 Å². The molecule has 0 spiro atoms. The maximum Gasteiger partial charge on any atom is 0.135 e. The molecule has 0 fully saturated rings. The van der Waals surface area contributed by atoms with Gasteiger partial charge in [0.05, 0.1) is 11.9 Å². The van der Waals surface area contributed by atoms with Crippen LogP contribution in [0.15, 0.2) is 0 Å². The first kappa shape index (κ1) is 13.9. The maximum absolute atomic E-state index is 10.5. The molecule has 4 atom stereocenters. The Kier molecular flexibility index (Phi) is 7.12. The van der Waals surface area contributed by atoms with Gasteiger partial charge < -0.3 is 25.2 Å². The zero-order valence-electron chi connectivity index (χ0n) is 7.91. The van der Waals surface area contributed by atoms with E-state index in [9.17, 15) is 15.0 Å². The third-order valence-corrected chi connectivity index (χ3v) is 2.87. The van der Waals surface area contributed by atoms with Gasteiger partial charge in [0.25, 0.3) is 0 Å². The van der Waals surface area contributed by atoms with Gasteiger partial charge in [-0.15, -0.1) is 11.8 Å². The fourth-order valence-electron chi connectivity index (χ4n) is 0.941. The lowest BCUT2D eigenvalue weighted by Crippen LogP contribution is -2.45. The molecule has 0 saturated heterocycles. The lowest BCUT2D eigenvalue weighted by molar-refractivity contribution is -0.114. The van der Waals surface area contributed by atoms with Crippen LogP contribution in [0, 0.1) is 0 Å². The monoisotopic (exact) mass is 224 g/mol. The summed E-state index contributed by atoms with van der Waals surface area (Å²) in [6.07, 6.45) is -3.77. The number of carbonyl (C=O) groups is 1. The highest BCUT2D eigenvalue weighted by atomic mass is 32.2. The van der Waals surface area contributed by atoms with E-state index in [-0.39, 0.29) is 0 Å². The van der Waals surface area contributed by atoms with Crippen molar-refractivity contribution in [3.63, 3.8) is 0 Å². The van der Waals surface area contributed by atoms with Gasteiger partial charge >= 0.3 is 0 Å². The molecule has 0 heterocycles. The largest absolute Gasteiger partial charge is 0.394 e. The zero-order valence-corrected chi connectivity index (χ0v) is 8.72. The van der Waals surface area contributed by atoms with Gasteiger partial charge in [-0.05, 0) is 5.75 Å². The second-order valence-corrected chi connectivity index (χ2v) is 4.24.